The minimum atomic E-state index is -1.30. The molecule has 128 valence electrons. The van der Waals surface area contributed by atoms with Crippen molar-refractivity contribution in [2.45, 2.75) is 19.0 Å². The van der Waals surface area contributed by atoms with Gasteiger partial charge in [0.2, 0.25) is 0 Å². The number of aromatic nitrogens is 1. The van der Waals surface area contributed by atoms with Gasteiger partial charge in [-0.15, -0.1) is 0 Å². The Hall–Kier alpha value is -3.00. The van der Waals surface area contributed by atoms with E-state index in [1.165, 1.54) is 30.5 Å². The summed E-state index contributed by atoms with van der Waals surface area (Å²) in [4.78, 5) is 40.3. The fourth-order valence-electron chi connectivity index (χ4n) is 2.66. The van der Waals surface area contributed by atoms with Crippen molar-refractivity contribution in [2.75, 3.05) is 0 Å². The zero-order valence-electron chi connectivity index (χ0n) is 13.1. The van der Waals surface area contributed by atoms with E-state index in [1.807, 2.05) is 0 Å². The number of urea groups is 1. The number of amides is 3. The molecule has 0 aliphatic carbocycles. The van der Waals surface area contributed by atoms with E-state index in [1.54, 1.807) is 19.1 Å². The van der Waals surface area contributed by atoms with Gasteiger partial charge in [-0.3, -0.25) is 19.8 Å². The van der Waals surface area contributed by atoms with E-state index in [0.29, 0.717) is 11.1 Å². The summed E-state index contributed by atoms with van der Waals surface area (Å²) in [7, 11) is 0. The van der Waals surface area contributed by atoms with Crippen molar-refractivity contribution in [3.63, 3.8) is 0 Å². The highest BCUT2D eigenvalue weighted by atomic mass is 35.5. The monoisotopic (exact) mass is 360 g/mol. The van der Waals surface area contributed by atoms with Crippen molar-refractivity contribution in [3.05, 3.63) is 69.0 Å². The molecule has 1 saturated heterocycles. The Balaban J connectivity index is 1.89. The highest BCUT2D eigenvalue weighted by molar-refractivity contribution is 6.30. The van der Waals surface area contributed by atoms with E-state index in [-0.39, 0.29) is 17.4 Å². The summed E-state index contributed by atoms with van der Waals surface area (Å²) in [5, 5.41) is 13.6. The molecule has 0 bridgehead atoms. The van der Waals surface area contributed by atoms with Crippen LogP contribution in [0.3, 0.4) is 0 Å². The molecule has 1 aromatic carbocycles. The van der Waals surface area contributed by atoms with Crippen LogP contribution < -0.4 is 5.32 Å². The molecule has 9 heteroatoms. The molecule has 3 rings (SSSR count). The first-order valence-electron chi connectivity index (χ1n) is 7.31. The third kappa shape index (κ3) is 2.91. The van der Waals surface area contributed by atoms with Gasteiger partial charge in [0.1, 0.15) is 10.7 Å². The van der Waals surface area contributed by atoms with Crippen LogP contribution in [0.2, 0.25) is 5.15 Å². The van der Waals surface area contributed by atoms with Crippen LogP contribution in [-0.2, 0) is 16.9 Å². The first-order chi connectivity index (χ1) is 11.8. The molecule has 3 amide bonds. The zero-order chi connectivity index (χ0) is 18.2. The molecule has 2 heterocycles. The van der Waals surface area contributed by atoms with Crippen LogP contribution in [0.1, 0.15) is 18.1 Å². The Morgan fingerprint density at radius 2 is 1.96 bits per heavy atom. The summed E-state index contributed by atoms with van der Waals surface area (Å²) in [5.74, 6) is -0.466. The lowest BCUT2D eigenvalue weighted by Crippen LogP contribution is -2.40. The quantitative estimate of drug-likeness (QED) is 0.390. The molecule has 8 nitrogen and oxygen atoms in total. The maximum absolute atomic E-state index is 12.8. The minimum absolute atomic E-state index is 0.0140. The standard InChI is InChI=1S/C16H13ClN4O4/c1-16(11-4-6-12(7-5-11)21(24)25)14(22)20(15(23)19-16)9-10-3-2-8-18-13(10)17/h2-8H,9H2,1H3,(H,19,23). The number of pyridine rings is 1. The van der Waals surface area contributed by atoms with Crippen molar-refractivity contribution < 1.29 is 14.5 Å². The Kier molecular flexibility index (Phi) is 4.13. The van der Waals surface area contributed by atoms with E-state index >= 15 is 0 Å². The number of carbonyl (C=O) groups excluding carboxylic acids is 2. The maximum atomic E-state index is 12.8. The van der Waals surface area contributed by atoms with Crippen LogP contribution in [0.5, 0.6) is 0 Å². The summed E-state index contributed by atoms with van der Waals surface area (Å²) in [6, 6.07) is 8.27. The number of hydrogen-bond acceptors (Lipinski definition) is 5. The first-order valence-corrected chi connectivity index (χ1v) is 7.69. The number of rotatable bonds is 4. The van der Waals surface area contributed by atoms with Gasteiger partial charge in [-0.05, 0) is 30.7 Å². The summed E-state index contributed by atoms with van der Waals surface area (Å²) >= 11 is 5.99. The second-order valence-corrected chi connectivity index (χ2v) is 6.06. The molecular formula is C16H13ClN4O4. The topological polar surface area (TPSA) is 105 Å². The van der Waals surface area contributed by atoms with Gasteiger partial charge in [0, 0.05) is 23.9 Å². The third-order valence-corrected chi connectivity index (χ3v) is 4.44. The predicted octanol–water partition coefficient (Wildman–Crippen LogP) is 2.61. The molecule has 1 aliphatic rings. The van der Waals surface area contributed by atoms with Gasteiger partial charge in [-0.1, -0.05) is 17.7 Å². The second-order valence-electron chi connectivity index (χ2n) is 5.70. The molecule has 1 aliphatic heterocycles. The van der Waals surface area contributed by atoms with Crippen LogP contribution in [0.15, 0.2) is 42.6 Å². The van der Waals surface area contributed by atoms with Gasteiger partial charge >= 0.3 is 6.03 Å². The largest absolute Gasteiger partial charge is 0.325 e. The molecule has 1 N–H and O–H groups in total. The molecule has 2 aromatic rings. The van der Waals surface area contributed by atoms with Crippen LogP contribution in [0.4, 0.5) is 10.5 Å². The minimum Gasteiger partial charge on any atom is -0.319 e. The lowest BCUT2D eigenvalue weighted by Gasteiger charge is -2.22. The Morgan fingerprint density at radius 1 is 1.28 bits per heavy atom. The average molecular weight is 361 g/mol. The predicted molar refractivity (Wildman–Crippen MR) is 88.8 cm³/mol. The van der Waals surface area contributed by atoms with Crippen LogP contribution in [0.25, 0.3) is 0 Å². The molecule has 1 unspecified atom stereocenters. The van der Waals surface area contributed by atoms with Gasteiger partial charge < -0.3 is 5.32 Å². The highest BCUT2D eigenvalue weighted by Gasteiger charge is 2.49. The Bertz CT molecular complexity index is 871. The number of nitro groups is 1. The number of non-ortho nitro benzene ring substituents is 1. The number of nitrogens with one attached hydrogen (secondary N) is 1. The smallest absolute Gasteiger partial charge is 0.319 e. The number of hydrogen-bond donors (Lipinski definition) is 1. The molecule has 0 radical (unpaired) electrons. The summed E-state index contributed by atoms with van der Waals surface area (Å²) in [6.07, 6.45) is 1.51. The first kappa shape index (κ1) is 16.8. The van der Waals surface area contributed by atoms with Crippen LogP contribution in [0, 0.1) is 10.1 Å². The van der Waals surface area contributed by atoms with Crippen molar-refractivity contribution in [1.82, 2.24) is 15.2 Å². The SMILES string of the molecule is CC1(c2ccc([N+](=O)[O-])cc2)NC(=O)N(Cc2cccnc2Cl)C1=O. The zero-order valence-corrected chi connectivity index (χ0v) is 13.9. The van der Waals surface area contributed by atoms with E-state index in [2.05, 4.69) is 10.3 Å². The van der Waals surface area contributed by atoms with E-state index < -0.39 is 22.4 Å². The molecule has 0 saturated carbocycles. The lowest BCUT2D eigenvalue weighted by molar-refractivity contribution is -0.384. The molecule has 1 fully saturated rings. The van der Waals surface area contributed by atoms with Crippen LogP contribution >= 0.6 is 11.6 Å². The van der Waals surface area contributed by atoms with Gasteiger partial charge in [-0.2, -0.15) is 0 Å². The number of carbonyl (C=O) groups is 2. The number of benzene rings is 1. The maximum Gasteiger partial charge on any atom is 0.325 e. The molecule has 0 spiro atoms. The summed E-state index contributed by atoms with van der Waals surface area (Å²) < 4.78 is 0. The number of nitrogens with zero attached hydrogens (tertiary/aromatic N) is 3. The Labute approximate surface area is 147 Å². The average Bonchev–Trinajstić information content (AvgIpc) is 2.81. The van der Waals surface area contributed by atoms with Crippen molar-refractivity contribution in [2.24, 2.45) is 0 Å². The van der Waals surface area contributed by atoms with Gasteiger partial charge in [0.05, 0.1) is 11.5 Å². The normalized spacial score (nSPS) is 19.8. The molecule has 25 heavy (non-hydrogen) atoms. The number of halogens is 1. The van der Waals surface area contributed by atoms with E-state index in [4.69, 9.17) is 11.6 Å². The lowest BCUT2D eigenvalue weighted by atomic mass is 9.92. The molecular weight excluding hydrogens is 348 g/mol. The van der Waals surface area contributed by atoms with Gasteiger partial charge in [0.25, 0.3) is 11.6 Å². The highest BCUT2D eigenvalue weighted by Crippen LogP contribution is 2.31. The molecule has 1 atom stereocenters. The summed E-state index contributed by atoms with van der Waals surface area (Å²) in [5.41, 5.74) is -0.402. The molecule has 1 aromatic heterocycles. The van der Waals surface area contributed by atoms with Gasteiger partial charge in [0.15, 0.2) is 0 Å². The fourth-order valence-corrected chi connectivity index (χ4v) is 2.84. The van der Waals surface area contributed by atoms with E-state index in [0.717, 1.165) is 4.90 Å². The number of nitro benzene ring substituents is 1. The van der Waals surface area contributed by atoms with E-state index in [9.17, 15) is 19.7 Å². The Morgan fingerprint density at radius 3 is 2.56 bits per heavy atom. The fraction of sp³-hybridized carbons (Fsp3) is 0.188. The third-order valence-electron chi connectivity index (χ3n) is 4.10. The van der Waals surface area contributed by atoms with Crippen molar-refractivity contribution >= 4 is 29.2 Å². The second kappa shape index (κ2) is 6.14. The van der Waals surface area contributed by atoms with Crippen LogP contribution in [-0.4, -0.2) is 26.7 Å². The van der Waals surface area contributed by atoms with Gasteiger partial charge in [-0.25, -0.2) is 9.78 Å². The summed E-state index contributed by atoms with van der Waals surface area (Å²) in [6.45, 7) is 1.54. The van der Waals surface area contributed by atoms with Crippen molar-refractivity contribution in [1.29, 1.82) is 0 Å². The number of imide groups is 1. The van der Waals surface area contributed by atoms with Crippen molar-refractivity contribution in [3.8, 4) is 0 Å².